The Morgan fingerprint density at radius 1 is 1.35 bits per heavy atom. The molecule has 0 spiro atoms. The molecule has 2 aromatic heterocycles. The lowest BCUT2D eigenvalue weighted by Gasteiger charge is -2.21. The molecule has 0 aliphatic heterocycles. The number of hydrogen-bond acceptors (Lipinski definition) is 4. The highest BCUT2D eigenvalue weighted by molar-refractivity contribution is 7.15. The molecule has 1 aliphatic carbocycles. The summed E-state index contributed by atoms with van der Waals surface area (Å²) in [4.78, 5) is 18.3. The van der Waals surface area contributed by atoms with Crippen molar-refractivity contribution in [1.82, 2.24) is 14.7 Å². The molecule has 0 radical (unpaired) electrons. The van der Waals surface area contributed by atoms with Crippen LogP contribution in [-0.4, -0.2) is 28.9 Å². The molecule has 26 heavy (non-hydrogen) atoms. The normalized spacial score (nSPS) is 15.3. The molecule has 0 saturated heterocycles. The zero-order valence-electron chi connectivity index (χ0n) is 14.9. The van der Waals surface area contributed by atoms with E-state index in [2.05, 4.69) is 10.3 Å². The minimum Gasteiger partial charge on any atom is -0.497 e. The Hall–Kier alpha value is -2.34. The Morgan fingerprint density at radius 2 is 2.19 bits per heavy atom. The van der Waals surface area contributed by atoms with E-state index in [4.69, 9.17) is 4.74 Å². The van der Waals surface area contributed by atoms with Crippen molar-refractivity contribution in [1.29, 1.82) is 0 Å². The summed E-state index contributed by atoms with van der Waals surface area (Å²) in [7, 11) is 1.65. The molecule has 136 valence electrons. The van der Waals surface area contributed by atoms with Gasteiger partial charge in [-0.2, -0.15) is 0 Å². The number of rotatable bonds is 5. The summed E-state index contributed by atoms with van der Waals surface area (Å²) < 4.78 is 7.33. The third kappa shape index (κ3) is 3.33. The first-order valence-corrected chi connectivity index (χ1v) is 10.0. The minimum absolute atomic E-state index is 0.0932. The molecule has 1 aliphatic rings. The van der Waals surface area contributed by atoms with E-state index >= 15 is 0 Å². The predicted octanol–water partition coefficient (Wildman–Crippen LogP) is 4.38. The topological polar surface area (TPSA) is 55.6 Å². The molecule has 5 nitrogen and oxygen atoms in total. The summed E-state index contributed by atoms with van der Waals surface area (Å²) in [6, 6.07) is 7.77. The number of imidazole rings is 1. The molecule has 1 aromatic carbocycles. The van der Waals surface area contributed by atoms with Crippen molar-refractivity contribution < 1.29 is 9.53 Å². The Morgan fingerprint density at radius 3 is 3.00 bits per heavy atom. The summed E-state index contributed by atoms with van der Waals surface area (Å²) in [5.74, 6) is 1.27. The fourth-order valence-corrected chi connectivity index (χ4v) is 4.42. The van der Waals surface area contributed by atoms with Crippen LogP contribution in [0, 0.1) is 5.92 Å². The third-order valence-electron chi connectivity index (χ3n) is 5.10. The van der Waals surface area contributed by atoms with Gasteiger partial charge in [-0.1, -0.05) is 31.4 Å². The van der Waals surface area contributed by atoms with Crippen molar-refractivity contribution >= 4 is 22.2 Å². The van der Waals surface area contributed by atoms with E-state index in [0.29, 0.717) is 11.6 Å². The summed E-state index contributed by atoms with van der Waals surface area (Å²) in [5, 5.41) is 5.10. The molecule has 0 bridgehead atoms. The Labute approximate surface area is 157 Å². The van der Waals surface area contributed by atoms with Crippen molar-refractivity contribution in [3.05, 3.63) is 41.5 Å². The lowest BCUT2D eigenvalue weighted by molar-refractivity contribution is 0.0940. The molecular weight excluding hydrogens is 346 g/mol. The van der Waals surface area contributed by atoms with Crippen LogP contribution < -0.4 is 10.1 Å². The van der Waals surface area contributed by atoms with Crippen molar-refractivity contribution in [2.75, 3.05) is 13.7 Å². The molecule has 0 unspecified atom stereocenters. The quantitative estimate of drug-likeness (QED) is 0.726. The molecule has 1 saturated carbocycles. The number of benzene rings is 1. The van der Waals surface area contributed by atoms with E-state index in [1.807, 2.05) is 40.2 Å². The number of fused-ring (bicyclic) bond motifs is 1. The van der Waals surface area contributed by atoms with Gasteiger partial charge in [0, 0.05) is 23.7 Å². The zero-order chi connectivity index (χ0) is 17.9. The van der Waals surface area contributed by atoms with E-state index in [-0.39, 0.29) is 5.91 Å². The first kappa shape index (κ1) is 17.1. The SMILES string of the molecule is COc1cccc(-c2c(C(=O)NCC3CCCCC3)nc3sccn23)c1. The first-order chi connectivity index (χ1) is 12.8. The summed E-state index contributed by atoms with van der Waals surface area (Å²) in [6.45, 7) is 0.738. The van der Waals surface area contributed by atoms with Gasteiger partial charge < -0.3 is 10.1 Å². The number of thiazole rings is 1. The van der Waals surface area contributed by atoms with E-state index in [1.165, 1.54) is 43.4 Å². The number of hydrogen-bond donors (Lipinski definition) is 1. The highest BCUT2D eigenvalue weighted by atomic mass is 32.1. The molecule has 1 amide bonds. The van der Waals surface area contributed by atoms with Crippen LogP contribution in [0.2, 0.25) is 0 Å². The molecule has 0 atom stereocenters. The molecule has 1 fully saturated rings. The molecule has 4 rings (SSSR count). The Kier molecular flexibility index (Phi) is 4.93. The number of carbonyl (C=O) groups is 1. The average Bonchev–Trinajstić information content (AvgIpc) is 3.28. The van der Waals surface area contributed by atoms with Gasteiger partial charge in [0.25, 0.3) is 5.91 Å². The smallest absolute Gasteiger partial charge is 0.272 e. The highest BCUT2D eigenvalue weighted by Crippen LogP contribution is 2.30. The fraction of sp³-hybridized carbons (Fsp3) is 0.400. The van der Waals surface area contributed by atoms with Crippen LogP contribution >= 0.6 is 11.3 Å². The standard InChI is InChI=1S/C20H23N3O2S/c1-25-16-9-5-8-15(12-16)18-17(22-20-23(18)10-11-26-20)19(24)21-13-14-6-3-2-4-7-14/h5,8-12,14H,2-4,6-7,13H2,1H3,(H,21,24). The number of amides is 1. The molecule has 6 heteroatoms. The van der Waals surface area contributed by atoms with Gasteiger partial charge in [0.1, 0.15) is 5.75 Å². The number of nitrogens with one attached hydrogen (secondary N) is 1. The van der Waals surface area contributed by atoms with E-state index in [1.54, 1.807) is 7.11 Å². The average molecular weight is 369 g/mol. The van der Waals surface area contributed by atoms with Crippen molar-refractivity contribution in [2.45, 2.75) is 32.1 Å². The number of ether oxygens (including phenoxy) is 1. The van der Waals surface area contributed by atoms with Crippen LogP contribution in [-0.2, 0) is 0 Å². The van der Waals surface area contributed by atoms with Crippen LogP contribution in [0.3, 0.4) is 0 Å². The third-order valence-corrected chi connectivity index (χ3v) is 5.85. The van der Waals surface area contributed by atoms with Gasteiger partial charge in [0.15, 0.2) is 10.7 Å². The van der Waals surface area contributed by atoms with Crippen LogP contribution in [0.5, 0.6) is 5.75 Å². The number of methoxy groups -OCH3 is 1. The lowest BCUT2D eigenvalue weighted by atomic mass is 9.89. The van der Waals surface area contributed by atoms with Gasteiger partial charge in [-0.15, -0.1) is 11.3 Å². The number of aromatic nitrogens is 2. The predicted molar refractivity (Wildman–Crippen MR) is 104 cm³/mol. The van der Waals surface area contributed by atoms with E-state index in [9.17, 15) is 4.79 Å². The molecule has 3 aromatic rings. The Balaban J connectivity index is 1.64. The van der Waals surface area contributed by atoms with Crippen LogP contribution in [0.25, 0.3) is 16.2 Å². The monoisotopic (exact) mass is 369 g/mol. The van der Waals surface area contributed by atoms with Gasteiger partial charge in [0.05, 0.1) is 12.8 Å². The van der Waals surface area contributed by atoms with Crippen molar-refractivity contribution in [3.8, 4) is 17.0 Å². The van der Waals surface area contributed by atoms with E-state index in [0.717, 1.165) is 28.5 Å². The van der Waals surface area contributed by atoms with E-state index < -0.39 is 0 Å². The van der Waals surface area contributed by atoms with Crippen LogP contribution in [0.1, 0.15) is 42.6 Å². The van der Waals surface area contributed by atoms with Gasteiger partial charge in [-0.25, -0.2) is 4.98 Å². The zero-order valence-corrected chi connectivity index (χ0v) is 15.7. The van der Waals surface area contributed by atoms with Crippen molar-refractivity contribution in [3.63, 3.8) is 0 Å². The summed E-state index contributed by atoms with van der Waals surface area (Å²) in [5.41, 5.74) is 2.24. The van der Waals surface area contributed by atoms with Gasteiger partial charge in [-0.05, 0) is 30.9 Å². The molecule has 1 N–H and O–H groups in total. The maximum absolute atomic E-state index is 12.9. The molecule has 2 heterocycles. The van der Waals surface area contributed by atoms with Gasteiger partial charge in [-0.3, -0.25) is 9.20 Å². The van der Waals surface area contributed by atoms with Gasteiger partial charge in [0.2, 0.25) is 0 Å². The molecular formula is C20H23N3O2S. The van der Waals surface area contributed by atoms with Crippen LogP contribution in [0.4, 0.5) is 0 Å². The van der Waals surface area contributed by atoms with Crippen molar-refractivity contribution in [2.24, 2.45) is 5.92 Å². The summed E-state index contributed by atoms with van der Waals surface area (Å²) in [6.07, 6.45) is 8.25. The summed E-state index contributed by atoms with van der Waals surface area (Å²) >= 11 is 1.53. The minimum atomic E-state index is -0.0932. The lowest BCUT2D eigenvalue weighted by Crippen LogP contribution is -2.30. The Bertz CT molecular complexity index is 909. The second-order valence-electron chi connectivity index (χ2n) is 6.81. The number of nitrogens with zero attached hydrogens (tertiary/aromatic N) is 2. The van der Waals surface area contributed by atoms with Gasteiger partial charge >= 0.3 is 0 Å². The fourth-order valence-electron chi connectivity index (χ4n) is 3.70. The maximum atomic E-state index is 12.9. The highest BCUT2D eigenvalue weighted by Gasteiger charge is 2.22. The maximum Gasteiger partial charge on any atom is 0.272 e. The van der Waals surface area contributed by atoms with Crippen LogP contribution in [0.15, 0.2) is 35.8 Å². The largest absolute Gasteiger partial charge is 0.497 e. The first-order valence-electron chi connectivity index (χ1n) is 9.14. The second kappa shape index (κ2) is 7.50. The number of carbonyl (C=O) groups excluding carboxylic acids is 1. The second-order valence-corrected chi connectivity index (χ2v) is 7.68.